The number of amides is 1. The van der Waals surface area contributed by atoms with Crippen molar-refractivity contribution in [2.75, 3.05) is 0 Å². The van der Waals surface area contributed by atoms with Gasteiger partial charge in [-0.2, -0.15) is 0 Å². The molecule has 1 amide bonds. The van der Waals surface area contributed by atoms with E-state index < -0.39 is 28.4 Å². The first-order chi connectivity index (χ1) is 8.32. The van der Waals surface area contributed by atoms with E-state index in [1.54, 1.807) is 0 Å². The summed E-state index contributed by atoms with van der Waals surface area (Å²) in [7, 11) is 0. The number of Topliss-reactive ketones (excluding diaryl/α,β-unsaturated/α-hetero) is 1. The highest BCUT2D eigenvalue weighted by Gasteiger charge is 2.22. The number of rotatable bonds is 4. The third kappa shape index (κ3) is 3.09. The van der Waals surface area contributed by atoms with Crippen molar-refractivity contribution in [2.24, 2.45) is 0 Å². The second-order valence-electron chi connectivity index (χ2n) is 3.72. The molecule has 7 heteroatoms. The quantitative estimate of drug-likeness (QED) is 0.650. The number of hydrogen-bond acceptors (Lipinski definition) is 4. The summed E-state index contributed by atoms with van der Waals surface area (Å²) < 4.78 is 12.9. The summed E-state index contributed by atoms with van der Waals surface area (Å²) in [5, 5.41) is 13.0. The zero-order chi connectivity index (χ0) is 13.9. The first kappa shape index (κ1) is 13.8. The fourth-order valence-corrected chi connectivity index (χ4v) is 1.22. The zero-order valence-electron chi connectivity index (χ0n) is 9.77. The van der Waals surface area contributed by atoms with Crippen molar-refractivity contribution in [3.63, 3.8) is 0 Å². The lowest BCUT2D eigenvalue weighted by molar-refractivity contribution is -0.385. The van der Waals surface area contributed by atoms with Crippen LogP contribution in [0.5, 0.6) is 0 Å². The van der Waals surface area contributed by atoms with E-state index in [9.17, 15) is 24.1 Å². The third-order valence-corrected chi connectivity index (χ3v) is 2.36. The fraction of sp³-hybridized carbons (Fsp3) is 0.273. The summed E-state index contributed by atoms with van der Waals surface area (Å²) in [6.45, 7) is 2.74. The summed E-state index contributed by atoms with van der Waals surface area (Å²) in [5.74, 6) is -1.88. The molecule has 0 bridgehead atoms. The van der Waals surface area contributed by atoms with Gasteiger partial charge in [-0.1, -0.05) is 0 Å². The summed E-state index contributed by atoms with van der Waals surface area (Å²) in [6.07, 6.45) is 0. The molecule has 1 aromatic rings. The molecule has 0 aliphatic heterocycles. The first-order valence-corrected chi connectivity index (χ1v) is 5.08. The number of benzene rings is 1. The number of nitro benzene ring substituents is 1. The van der Waals surface area contributed by atoms with Crippen molar-refractivity contribution >= 4 is 17.4 Å². The molecular weight excluding hydrogens is 243 g/mol. The zero-order valence-corrected chi connectivity index (χ0v) is 9.77. The minimum Gasteiger partial charge on any atom is -0.342 e. The SMILES string of the molecule is CC(=O)C(C)NC(=O)c1ccc(F)cc1[N+](=O)[O-]. The number of nitro groups is 1. The molecule has 1 rings (SSSR count). The Kier molecular flexibility index (Phi) is 4.09. The lowest BCUT2D eigenvalue weighted by Crippen LogP contribution is -2.37. The van der Waals surface area contributed by atoms with Crippen LogP contribution in [0.3, 0.4) is 0 Å². The van der Waals surface area contributed by atoms with Crippen molar-refractivity contribution in [2.45, 2.75) is 19.9 Å². The molecule has 0 aliphatic rings. The van der Waals surface area contributed by atoms with Gasteiger partial charge in [0.15, 0.2) is 5.78 Å². The number of nitrogens with one attached hydrogen (secondary N) is 1. The van der Waals surface area contributed by atoms with Crippen LogP contribution in [-0.2, 0) is 4.79 Å². The number of ketones is 1. The average Bonchev–Trinajstić information content (AvgIpc) is 2.28. The van der Waals surface area contributed by atoms with E-state index in [-0.39, 0.29) is 11.3 Å². The van der Waals surface area contributed by atoms with Gasteiger partial charge in [-0.25, -0.2) is 4.39 Å². The minimum absolute atomic E-state index is 0.283. The Bertz CT molecular complexity index is 516. The largest absolute Gasteiger partial charge is 0.342 e. The van der Waals surface area contributed by atoms with Crippen LogP contribution in [0.15, 0.2) is 18.2 Å². The fourth-order valence-electron chi connectivity index (χ4n) is 1.22. The number of carbonyl (C=O) groups is 2. The summed E-state index contributed by atoms with van der Waals surface area (Å²) in [4.78, 5) is 32.5. The normalized spacial score (nSPS) is 11.7. The van der Waals surface area contributed by atoms with Crippen molar-refractivity contribution in [3.05, 3.63) is 39.7 Å². The van der Waals surface area contributed by atoms with Crippen molar-refractivity contribution in [1.82, 2.24) is 5.32 Å². The third-order valence-electron chi connectivity index (χ3n) is 2.36. The number of nitrogens with zero attached hydrogens (tertiary/aromatic N) is 1. The second kappa shape index (κ2) is 5.35. The maximum absolute atomic E-state index is 12.9. The van der Waals surface area contributed by atoms with Gasteiger partial charge in [0, 0.05) is 0 Å². The molecule has 6 nitrogen and oxygen atoms in total. The first-order valence-electron chi connectivity index (χ1n) is 5.08. The maximum atomic E-state index is 12.9. The van der Waals surface area contributed by atoms with Crippen LogP contribution < -0.4 is 5.32 Å². The predicted molar refractivity (Wildman–Crippen MR) is 60.7 cm³/mol. The van der Waals surface area contributed by atoms with Crippen LogP contribution in [-0.4, -0.2) is 22.7 Å². The van der Waals surface area contributed by atoms with Crippen molar-refractivity contribution in [1.29, 1.82) is 0 Å². The number of carbonyl (C=O) groups excluding carboxylic acids is 2. The van der Waals surface area contributed by atoms with Gasteiger partial charge in [0.25, 0.3) is 11.6 Å². The highest BCUT2D eigenvalue weighted by atomic mass is 19.1. The number of halogens is 1. The molecule has 0 spiro atoms. The number of hydrogen-bond donors (Lipinski definition) is 1. The highest BCUT2D eigenvalue weighted by Crippen LogP contribution is 2.19. The van der Waals surface area contributed by atoms with Crippen LogP contribution in [0.25, 0.3) is 0 Å². The molecular formula is C11H11FN2O4. The molecule has 0 aliphatic carbocycles. The van der Waals surface area contributed by atoms with E-state index in [0.717, 1.165) is 12.1 Å². The van der Waals surface area contributed by atoms with Crippen LogP contribution in [0.2, 0.25) is 0 Å². The van der Waals surface area contributed by atoms with Gasteiger partial charge >= 0.3 is 0 Å². The van der Waals surface area contributed by atoms with Crippen LogP contribution in [0, 0.1) is 15.9 Å². The average molecular weight is 254 g/mol. The smallest absolute Gasteiger partial charge is 0.285 e. The summed E-state index contributed by atoms with van der Waals surface area (Å²) in [6, 6.07) is 1.85. The van der Waals surface area contributed by atoms with Gasteiger partial charge in [-0.3, -0.25) is 19.7 Å². The maximum Gasteiger partial charge on any atom is 0.285 e. The molecule has 96 valence electrons. The summed E-state index contributed by atoms with van der Waals surface area (Å²) in [5.41, 5.74) is -0.919. The van der Waals surface area contributed by atoms with E-state index in [0.29, 0.717) is 6.07 Å². The monoisotopic (exact) mass is 254 g/mol. The molecule has 0 fully saturated rings. The van der Waals surface area contributed by atoms with E-state index in [4.69, 9.17) is 0 Å². The predicted octanol–water partition coefficient (Wildman–Crippen LogP) is 1.44. The van der Waals surface area contributed by atoms with Crippen LogP contribution in [0.1, 0.15) is 24.2 Å². The molecule has 0 heterocycles. The van der Waals surface area contributed by atoms with Gasteiger partial charge < -0.3 is 5.32 Å². The van der Waals surface area contributed by atoms with E-state index >= 15 is 0 Å². The Morgan fingerprint density at radius 1 is 1.44 bits per heavy atom. The lowest BCUT2D eigenvalue weighted by Gasteiger charge is -2.10. The second-order valence-corrected chi connectivity index (χ2v) is 3.72. The Morgan fingerprint density at radius 3 is 2.56 bits per heavy atom. The molecule has 0 aromatic heterocycles. The van der Waals surface area contributed by atoms with Gasteiger partial charge in [0.05, 0.1) is 17.0 Å². The van der Waals surface area contributed by atoms with E-state index in [1.165, 1.54) is 13.8 Å². The van der Waals surface area contributed by atoms with Crippen LogP contribution in [0.4, 0.5) is 10.1 Å². The van der Waals surface area contributed by atoms with E-state index in [1.807, 2.05) is 0 Å². The van der Waals surface area contributed by atoms with Gasteiger partial charge in [0.2, 0.25) is 0 Å². The Morgan fingerprint density at radius 2 is 2.06 bits per heavy atom. The molecule has 0 saturated heterocycles. The molecule has 1 atom stereocenters. The van der Waals surface area contributed by atoms with Crippen LogP contribution >= 0.6 is 0 Å². The highest BCUT2D eigenvalue weighted by molar-refractivity contribution is 6.00. The molecule has 1 unspecified atom stereocenters. The Balaban J connectivity index is 3.06. The molecule has 1 N–H and O–H groups in total. The van der Waals surface area contributed by atoms with Gasteiger partial charge in [-0.15, -0.1) is 0 Å². The topological polar surface area (TPSA) is 89.3 Å². The molecule has 0 saturated carbocycles. The van der Waals surface area contributed by atoms with Gasteiger partial charge in [-0.05, 0) is 26.0 Å². The molecule has 0 radical (unpaired) electrons. The van der Waals surface area contributed by atoms with Gasteiger partial charge in [0.1, 0.15) is 11.4 Å². The van der Waals surface area contributed by atoms with Crippen molar-refractivity contribution in [3.8, 4) is 0 Å². The minimum atomic E-state index is -0.851. The van der Waals surface area contributed by atoms with E-state index in [2.05, 4.69) is 5.32 Å². The van der Waals surface area contributed by atoms with Crippen molar-refractivity contribution < 1.29 is 18.9 Å². The standard InChI is InChI=1S/C11H11FN2O4/c1-6(7(2)15)13-11(16)9-4-3-8(12)5-10(9)14(17)18/h3-6H,1-2H3,(H,13,16). The Hall–Kier alpha value is -2.31. The summed E-state index contributed by atoms with van der Waals surface area (Å²) >= 11 is 0. The molecule has 18 heavy (non-hydrogen) atoms. The molecule has 1 aromatic carbocycles. The Labute approximate surface area is 102 Å². The lowest BCUT2D eigenvalue weighted by atomic mass is 10.1.